The molecule has 6 heterocycles. The summed E-state index contributed by atoms with van der Waals surface area (Å²) in [6.07, 6.45) is 12.1. The number of hydrogen-bond donors (Lipinski definition) is 0. The zero-order chi connectivity index (χ0) is 21.7. The second-order valence-corrected chi connectivity index (χ2v) is 9.83. The maximum atomic E-state index is 13.4. The fourth-order valence-electron chi connectivity index (χ4n) is 5.52. The van der Waals surface area contributed by atoms with Gasteiger partial charge < -0.3 is 14.5 Å². The average Bonchev–Trinajstić information content (AvgIpc) is 3.61. The smallest absolute Gasteiger partial charge is 0.257 e. The van der Waals surface area contributed by atoms with Gasteiger partial charge in [0.05, 0.1) is 36.1 Å². The molecule has 3 aliphatic rings. The maximum absolute atomic E-state index is 13.4. The van der Waals surface area contributed by atoms with Gasteiger partial charge in [-0.05, 0) is 63.5 Å². The first-order valence-corrected chi connectivity index (χ1v) is 11.7. The van der Waals surface area contributed by atoms with Gasteiger partial charge in [0.15, 0.2) is 0 Å². The van der Waals surface area contributed by atoms with Crippen LogP contribution in [0.3, 0.4) is 0 Å². The molecule has 3 saturated heterocycles. The van der Waals surface area contributed by atoms with E-state index in [0.717, 1.165) is 81.7 Å². The van der Waals surface area contributed by atoms with Crippen molar-refractivity contribution in [2.24, 2.45) is 5.41 Å². The number of carbonyl (C=O) groups is 1. The topological polar surface area (TPSA) is 67.9 Å². The number of rotatable bonds is 3. The van der Waals surface area contributed by atoms with Gasteiger partial charge >= 0.3 is 0 Å². The molecular weight excluding hydrogens is 404 g/mol. The number of hydrogen-bond acceptors (Lipinski definition) is 5. The van der Waals surface area contributed by atoms with Crippen molar-refractivity contribution in [1.82, 2.24) is 29.2 Å². The summed E-state index contributed by atoms with van der Waals surface area (Å²) in [4.78, 5) is 17.7. The Morgan fingerprint density at radius 1 is 1.12 bits per heavy atom. The van der Waals surface area contributed by atoms with Gasteiger partial charge in [-0.2, -0.15) is 10.2 Å². The number of nitrogens with zero attached hydrogens (tertiary/aromatic N) is 6. The third-order valence-electron chi connectivity index (χ3n) is 7.66. The highest BCUT2D eigenvalue weighted by molar-refractivity contribution is 6.01. The third kappa shape index (κ3) is 3.42. The van der Waals surface area contributed by atoms with Crippen LogP contribution in [-0.4, -0.2) is 81.5 Å². The summed E-state index contributed by atoms with van der Waals surface area (Å²) in [5.74, 6) is 0.0722. The average molecular weight is 435 g/mol. The summed E-state index contributed by atoms with van der Waals surface area (Å²) in [7, 11) is 2.17. The summed E-state index contributed by atoms with van der Waals surface area (Å²) >= 11 is 0. The van der Waals surface area contributed by atoms with Gasteiger partial charge in [0, 0.05) is 43.1 Å². The number of ether oxygens (including phenoxy) is 1. The number of amides is 1. The van der Waals surface area contributed by atoms with Crippen molar-refractivity contribution in [1.29, 1.82) is 0 Å². The lowest BCUT2D eigenvalue weighted by molar-refractivity contribution is 0.0767. The minimum Gasteiger partial charge on any atom is -0.381 e. The number of pyridine rings is 1. The minimum atomic E-state index is 0.0722. The van der Waals surface area contributed by atoms with Crippen molar-refractivity contribution in [3.05, 3.63) is 42.5 Å². The molecule has 1 atom stereocenters. The first-order valence-electron chi connectivity index (χ1n) is 11.7. The molecule has 3 fully saturated rings. The van der Waals surface area contributed by atoms with E-state index < -0.39 is 0 Å². The van der Waals surface area contributed by atoms with Crippen molar-refractivity contribution in [2.45, 2.75) is 31.7 Å². The first kappa shape index (κ1) is 19.9. The predicted octanol–water partition coefficient (Wildman–Crippen LogP) is 2.72. The molecule has 3 aromatic heterocycles. The molecule has 1 amide bonds. The number of likely N-dealkylation sites (tertiary alicyclic amines) is 2. The van der Waals surface area contributed by atoms with Gasteiger partial charge in [-0.1, -0.05) is 0 Å². The van der Waals surface area contributed by atoms with Crippen LogP contribution in [-0.2, 0) is 4.74 Å². The lowest BCUT2D eigenvalue weighted by Gasteiger charge is -2.28. The molecule has 8 heteroatoms. The van der Waals surface area contributed by atoms with Crippen LogP contribution in [0.4, 0.5) is 0 Å². The molecule has 0 bridgehead atoms. The van der Waals surface area contributed by atoms with E-state index in [-0.39, 0.29) is 11.3 Å². The van der Waals surface area contributed by atoms with Crippen molar-refractivity contribution in [3.63, 3.8) is 0 Å². The van der Waals surface area contributed by atoms with Gasteiger partial charge in [-0.3, -0.25) is 9.48 Å². The standard InChI is InChI=1S/C24H30N6O2/c1-27-7-3-20(4-8-27)30-15-19(13-25-30)18-2-9-29-22(12-18)21(14-26-29)23(31)28-10-5-24(16-28)6-11-32-17-24/h2,9,12-15,20H,3-8,10-11,16-17H2,1H3. The molecule has 0 saturated carbocycles. The Hall–Kier alpha value is -2.71. The summed E-state index contributed by atoms with van der Waals surface area (Å²) < 4.78 is 9.53. The van der Waals surface area contributed by atoms with Gasteiger partial charge in [0.1, 0.15) is 0 Å². The Morgan fingerprint density at radius 3 is 2.81 bits per heavy atom. The molecule has 8 nitrogen and oxygen atoms in total. The molecule has 3 aliphatic heterocycles. The van der Waals surface area contributed by atoms with Crippen LogP contribution in [0, 0.1) is 5.41 Å². The number of aromatic nitrogens is 4. The van der Waals surface area contributed by atoms with Gasteiger partial charge in [-0.25, -0.2) is 4.52 Å². The first-order chi connectivity index (χ1) is 15.6. The lowest BCUT2D eigenvalue weighted by Crippen LogP contribution is -2.32. The van der Waals surface area contributed by atoms with E-state index in [4.69, 9.17) is 4.74 Å². The van der Waals surface area contributed by atoms with Crippen molar-refractivity contribution >= 4 is 11.4 Å². The molecular formula is C24H30N6O2. The van der Waals surface area contributed by atoms with Crippen LogP contribution in [0.1, 0.15) is 42.1 Å². The molecule has 0 N–H and O–H groups in total. The van der Waals surface area contributed by atoms with Crippen LogP contribution in [0.25, 0.3) is 16.6 Å². The highest BCUT2D eigenvalue weighted by Gasteiger charge is 2.43. The Bertz CT molecular complexity index is 1140. The monoisotopic (exact) mass is 434 g/mol. The summed E-state index contributed by atoms with van der Waals surface area (Å²) in [5.41, 5.74) is 3.82. The van der Waals surface area contributed by atoms with Crippen LogP contribution in [0.5, 0.6) is 0 Å². The number of fused-ring (bicyclic) bond motifs is 1. The Morgan fingerprint density at radius 2 is 2.00 bits per heavy atom. The van der Waals surface area contributed by atoms with Gasteiger partial charge in [0.25, 0.3) is 5.91 Å². The van der Waals surface area contributed by atoms with Crippen molar-refractivity contribution in [2.75, 3.05) is 46.4 Å². The Kier molecular flexibility index (Phi) is 4.80. The number of piperidine rings is 1. The summed E-state index contributed by atoms with van der Waals surface area (Å²) in [5, 5.41) is 9.10. The molecule has 0 aliphatic carbocycles. The quantitative estimate of drug-likeness (QED) is 0.634. The van der Waals surface area contributed by atoms with Crippen LogP contribution < -0.4 is 0 Å². The largest absolute Gasteiger partial charge is 0.381 e. The molecule has 0 radical (unpaired) electrons. The normalized spacial score (nSPS) is 24.8. The Labute approximate surface area is 187 Å². The SMILES string of the molecule is CN1CCC(n2cc(-c3ccn4ncc(C(=O)N5CCC6(CCOC6)C5)c4c3)cn2)CC1. The van der Waals surface area contributed by atoms with Crippen LogP contribution in [0.2, 0.25) is 0 Å². The van der Waals surface area contributed by atoms with E-state index in [9.17, 15) is 4.79 Å². The van der Waals surface area contributed by atoms with Crippen LogP contribution >= 0.6 is 0 Å². The fraction of sp³-hybridized carbons (Fsp3) is 0.542. The molecule has 1 spiro atoms. The van der Waals surface area contributed by atoms with E-state index in [2.05, 4.69) is 39.1 Å². The van der Waals surface area contributed by atoms with Crippen molar-refractivity contribution < 1.29 is 9.53 Å². The van der Waals surface area contributed by atoms with E-state index in [0.29, 0.717) is 11.6 Å². The zero-order valence-electron chi connectivity index (χ0n) is 18.6. The highest BCUT2D eigenvalue weighted by atomic mass is 16.5. The van der Waals surface area contributed by atoms with Gasteiger partial charge in [-0.15, -0.1) is 0 Å². The second kappa shape index (κ2) is 7.71. The van der Waals surface area contributed by atoms with E-state index >= 15 is 0 Å². The molecule has 3 aromatic rings. The molecule has 0 aromatic carbocycles. The maximum Gasteiger partial charge on any atom is 0.257 e. The third-order valence-corrected chi connectivity index (χ3v) is 7.66. The van der Waals surface area contributed by atoms with E-state index in [1.54, 1.807) is 10.7 Å². The van der Waals surface area contributed by atoms with E-state index in [1.165, 1.54) is 0 Å². The zero-order valence-corrected chi connectivity index (χ0v) is 18.6. The summed E-state index contributed by atoms with van der Waals surface area (Å²) in [6.45, 7) is 5.38. The predicted molar refractivity (Wildman–Crippen MR) is 121 cm³/mol. The molecule has 32 heavy (non-hydrogen) atoms. The molecule has 1 unspecified atom stereocenters. The fourth-order valence-corrected chi connectivity index (χ4v) is 5.52. The minimum absolute atomic E-state index is 0.0722. The number of carbonyl (C=O) groups excluding carboxylic acids is 1. The summed E-state index contributed by atoms with van der Waals surface area (Å²) in [6, 6.07) is 4.57. The lowest BCUT2D eigenvalue weighted by atomic mass is 9.87. The highest BCUT2D eigenvalue weighted by Crippen LogP contribution is 2.39. The molecule has 6 rings (SSSR count). The van der Waals surface area contributed by atoms with Crippen LogP contribution in [0.15, 0.2) is 36.9 Å². The second-order valence-electron chi connectivity index (χ2n) is 9.83. The van der Waals surface area contributed by atoms with E-state index in [1.807, 2.05) is 23.4 Å². The van der Waals surface area contributed by atoms with Gasteiger partial charge in [0.2, 0.25) is 0 Å². The Balaban J connectivity index is 1.25. The van der Waals surface area contributed by atoms with Crippen molar-refractivity contribution in [3.8, 4) is 11.1 Å². The molecule has 168 valence electrons.